The third-order valence-corrected chi connectivity index (χ3v) is 4.01. The van der Waals surface area contributed by atoms with Gasteiger partial charge >= 0.3 is 0 Å². The molecule has 1 aromatic carbocycles. The van der Waals surface area contributed by atoms with Gasteiger partial charge in [0.25, 0.3) is 5.24 Å². The number of hydrogen-bond acceptors (Lipinski definition) is 4. The summed E-state index contributed by atoms with van der Waals surface area (Å²) in [6.07, 6.45) is 0.756. The van der Waals surface area contributed by atoms with E-state index in [4.69, 9.17) is 5.73 Å². The molecular weight excluding hydrogens is 274 g/mol. The second-order valence-electron chi connectivity index (χ2n) is 4.68. The van der Waals surface area contributed by atoms with Gasteiger partial charge in [-0.05, 0) is 18.5 Å². The highest BCUT2D eigenvalue weighted by molar-refractivity contribution is 8.14. The van der Waals surface area contributed by atoms with Gasteiger partial charge in [-0.1, -0.05) is 42.1 Å². The molecule has 0 radical (unpaired) electrons. The molecule has 1 fully saturated rings. The van der Waals surface area contributed by atoms with E-state index in [1.54, 1.807) is 4.90 Å². The molecule has 20 heavy (non-hydrogen) atoms. The van der Waals surface area contributed by atoms with E-state index in [0.717, 1.165) is 23.7 Å². The van der Waals surface area contributed by atoms with Crippen molar-refractivity contribution in [3.05, 3.63) is 35.9 Å². The van der Waals surface area contributed by atoms with Crippen molar-refractivity contribution in [2.75, 3.05) is 18.8 Å². The van der Waals surface area contributed by atoms with E-state index in [-0.39, 0.29) is 11.1 Å². The molecule has 3 N–H and O–H groups in total. The first-order valence-electron chi connectivity index (χ1n) is 6.67. The van der Waals surface area contributed by atoms with Crippen molar-refractivity contribution >= 4 is 22.9 Å². The van der Waals surface area contributed by atoms with Gasteiger partial charge in [0.2, 0.25) is 5.91 Å². The highest BCUT2D eigenvalue weighted by atomic mass is 32.2. The Labute approximate surface area is 122 Å². The molecule has 0 aliphatic carbocycles. The molecule has 0 bridgehead atoms. The fraction of sp³-hybridized carbons (Fsp3) is 0.429. The first-order valence-corrected chi connectivity index (χ1v) is 7.65. The monoisotopic (exact) mass is 293 g/mol. The van der Waals surface area contributed by atoms with E-state index < -0.39 is 6.04 Å². The summed E-state index contributed by atoms with van der Waals surface area (Å²) in [4.78, 5) is 25.4. The van der Waals surface area contributed by atoms with Crippen LogP contribution < -0.4 is 11.1 Å². The number of hydrogen-bond donors (Lipinski definition) is 2. The summed E-state index contributed by atoms with van der Waals surface area (Å²) in [6, 6.07) is 9.43. The van der Waals surface area contributed by atoms with Gasteiger partial charge < -0.3 is 16.0 Å². The van der Waals surface area contributed by atoms with E-state index >= 15 is 0 Å². The van der Waals surface area contributed by atoms with Crippen molar-refractivity contribution < 1.29 is 9.59 Å². The quantitative estimate of drug-likeness (QED) is 0.826. The Balaban J connectivity index is 2.02. The van der Waals surface area contributed by atoms with E-state index in [9.17, 15) is 9.59 Å². The highest BCUT2D eigenvalue weighted by Crippen LogP contribution is 2.16. The summed E-state index contributed by atoms with van der Waals surface area (Å²) in [6.45, 7) is 1.71. The van der Waals surface area contributed by atoms with Gasteiger partial charge in [-0.2, -0.15) is 0 Å². The van der Waals surface area contributed by atoms with Crippen LogP contribution in [-0.2, 0) is 11.3 Å². The molecule has 1 aliphatic rings. The van der Waals surface area contributed by atoms with E-state index in [1.165, 1.54) is 0 Å². The Bertz CT molecular complexity index is 467. The van der Waals surface area contributed by atoms with Crippen LogP contribution in [-0.4, -0.2) is 40.9 Å². The largest absolute Gasteiger partial charge is 0.337 e. The molecule has 1 atom stereocenters. The molecule has 1 aliphatic heterocycles. The van der Waals surface area contributed by atoms with E-state index in [1.807, 2.05) is 30.3 Å². The SMILES string of the molecule is NCCCN(Cc1ccccc1)C(=O)C1CSC(=O)N1. The van der Waals surface area contributed by atoms with Crippen LogP contribution in [0.25, 0.3) is 0 Å². The number of thioether (sulfide) groups is 1. The lowest BCUT2D eigenvalue weighted by Crippen LogP contribution is -2.45. The summed E-state index contributed by atoms with van der Waals surface area (Å²) in [5.74, 6) is 0.478. The maximum Gasteiger partial charge on any atom is 0.279 e. The van der Waals surface area contributed by atoms with Crippen LogP contribution in [0.4, 0.5) is 4.79 Å². The molecule has 2 rings (SSSR count). The zero-order chi connectivity index (χ0) is 14.4. The normalized spacial score (nSPS) is 17.9. The van der Waals surface area contributed by atoms with Crippen LogP contribution >= 0.6 is 11.8 Å². The Hall–Kier alpha value is -1.53. The maximum atomic E-state index is 12.5. The van der Waals surface area contributed by atoms with Gasteiger partial charge in [0.1, 0.15) is 6.04 Å². The number of nitrogens with one attached hydrogen (secondary N) is 1. The first kappa shape index (κ1) is 14.9. The lowest BCUT2D eigenvalue weighted by molar-refractivity contribution is -0.133. The molecule has 1 heterocycles. The second-order valence-corrected chi connectivity index (χ2v) is 5.68. The Morgan fingerprint density at radius 2 is 2.15 bits per heavy atom. The van der Waals surface area contributed by atoms with Crippen molar-refractivity contribution in [2.45, 2.75) is 19.0 Å². The molecule has 0 saturated carbocycles. The third-order valence-electron chi connectivity index (χ3n) is 3.13. The Morgan fingerprint density at radius 1 is 1.40 bits per heavy atom. The maximum absolute atomic E-state index is 12.5. The Kier molecular flexibility index (Phi) is 5.43. The van der Waals surface area contributed by atoms with Gasteiger partial charge in [0.15, 0.2) is 0 Å². The fourth-order valence-corrected chi connectivity index (χ4v) is 2.86. The van der Waals surface area contributed by atoms with Gasteiger partial charge in [0, 0.05) is 18.8 Å². The summed E-state index contributed by atoms with van der Waals surface area (Å²) in [5.41, 5.74) is 6.61. The lowest BCUT2D eigenvalue weighted by Gasteiger charge is -2.25. The average molecular weight is 293 g/mol. The fourth-order valence-electron chi connectivity index (χ4n) is 2.09. The number of carbonyl (C=O) groups is 2. The molecular formula is C14H19N3O2S. The molecule has 108 valence electrons. The smallest absolute Gasteiger partial charge is 0.279 e. The van der Waals surface area contributed by atoms with Crippen LogP contribution in [0.5, 0.6) is 0 Å². The molecule has 1 unspecified atom stereocenters. The molecule has 1 saturated heterocycles. The highest BCUT2D eigenvalue weighted by Gasteiger charge is 2.31. The first-order chi connectivity index (χ1) is 9.70. The molecule has 6 heteroatoms. The number of carbonyl (C=O) groups excluding carboxylic acids is 2. The Morgan fingerprint density at radius 3 is 2.75 bits per heavy atom. The van der Waals surface area contributed by atoms with Gasteiger partial charge in [0.05, 0.1) is 0 Å². The summed E-state index contributed by atoms with van der Waals surface area (Å²) in [7, 11) is 0. The topological polar surface area (TPSA) is 75.4 Å². The number of nitrogens with two attached hydrogens (primary N) is 1. The van der Waals surface area contributed by atoms with Crippen molar-refractivity contribution in [1.82, 2.24) is 10.2 Å². The second kappa shape index (κ2) is 7.31. The van der Waals surface area contributed by atoms with Gasteiger partial charge in [-0.3, -0.25) is 9.59 Å². The minimum Gasteiger partial charge on any atom is -0.337 e. The number of nitrogens with zero attached hydrogens (tertiary/aromatic N) is 1. The van der Waals surface area contributed by atoms with Crippen molar-refractivity contribution in [3.8, 4) is 0 Å². The molecule has 0 spiro atoms. The third kappa shape index (κ3) is 3.98. The van der Waals surface area contributed by atoms with Gasteiger partial charge in [-0.25, -0.2) is 0 Å². The van der Waals surface area contributed by atoms with Crippen LogP contribution in [0.3, 0.4) is 0 Å². The number of benzene rings is 1. The van der Waals surface area contributed by atoms with Crippen molar-refractivity contribution in [1.29, 1.82) is 0 Å². The molecule has 0 aromatic heterocycles. The summed E-state index contributed by atoms with van der Waals surface area (Å²) >= 11 is 1.16. The van der Waals surface area contributed by atoms with Crippen LogP contribution in [0, 0.1) is 0 Å². The zero-order valence-corrected chi connectivity index (χ0v) is 12.1. The standard InChI is InChI=1S/C14H19N3O2S/c15-7-4-8-17(9-11-5-2-1-3-6-11)13(18)12-10-20-14(19)16-12/h1-3,5-6,12H,4,7-10,15H2,(H,16,19). The molecule has 2 amide bonds. The van der Waals surface area contributed by atoms with Crippen LogP contribution in [0.2, 0.25) is 0 Å². The van der Waals surface area contributed by atoms with Gasteiger partial charge in [-0.15, -0.1) is 0 Å². The van der Waals surface area contributed by atoms with E-state index in [0.29, 0.717) is 25.4 Å². The average Bonchev–Trinajstić information content (AvgIpc) is 2.90. The molecule has 1 aromatic rings. The van der Waals surface area contributed by atoms with Crippen LogP contribution in [0.1, 0.15) is 12.0 Å². The zero-order valence-electron chi connectivity index (χ0n) is 11.2. The summed E-state index contributed by atoms with van der Waals surface area (Å²) in [5, 5.41) is 2.57. The molecule has 5 nitrogen and oxygen atoms in total. The predicted octanol–water partition coefficient (Wildman–Crippen LogP) is 1.19. The van der Waals surface area contributed by atoms with Crippen molar-refractivity contribution in [2.24, 2.45) is 5.73 Å². The number of amides is 2. The van der Waals surface area contributed by atoms with E-state index in [2.05, 4.69) is 5.32 Å². The summed E-state index contributed by atoms with van der Waals surface area (Å²) < 4.78 is 0. The van der Waals surface area contributed by atoms with Crippen molar-refractivity contribution in [3.63, 3.8) is 0 Å². The minimum absolute atomic E-state index is 0.0272. The number of rotatable bonds is 6. The van der Waals surface area contributed by atoms with Crippen LogP contribution in [0.15, 0.2) is 30.3 Å². The lowest BCUT2D eigenvalue weighted by atomic mass is 10.2. The predicted molar refractivity (Wildman–Crippen MR) is 80.3 cm³/mol. The minimum atomic E-state index is -0.408.